The number of rotatable bonds is 9. The highest BCUT2D eigenvalue weighted by Crippen LogP contribution is 2.23. The Labute approximate surface area is 162 Å². The van der Waals surface area contributed by atoms with Crippen LogP contribution < -0.4 is 10.6 Å². The molecule has 1 aromatic heterocycles. The van der Waals surface area contributed by atoms with E-state index < -0.39 is 5.60 Å². The van der Waals surface area contributed by atoms with E-state index in [0.717, 1.165) is 37.0 Å². The topological polar surface area (TPSA) is 59.9 Å². The first kappa shape index (κ1) is 21.2. The van der Waals surface area contributed by atoms with Crippen molar-refractivity contribution in [2.24, 2.45) is 10.9 Å². The van der Waals surface area contributed by atoms with Crippen LogP contribution in [0, 0.1) is 5.92 Å². The largest absolute Gasteiger partial charge is 0.383 e. The smallest absolute Gasteiger partial charge is 0.191 e. The summed E-state index contributed by atoms with van der Waals surface area (Å²) in [5.74, 6) is 1.64. The molecule has 3 N–H and O–H groups in total. The van der Waals surface area contributed by atoms with E-state index in [1.54, 1.807) is 11.3 Å². The summed E-state index contributed by atoms with van der Waals surface area (Å²) in [5.41, 5.74) is 0.00527. The first-order valence-corrected chi connectivity index (χ1v) is 10.9. The Hall–Kier alpha value is -1.11. The van der Waals surface area contributed by atoms with Gasteiger partial charge in [0.25, 0.3) is 0 Å². The third kappa shape index (κ3) is 7.25. The van der Waals surface area contributed by atoms with Crippen LogP contribution in [0.4, 0.5) is 0 Å². The van der Waals surface area contributed by atoms with Crippen molar-refractivity contribution < 1.29 is 5.11 Å². The Morgan fingerprint density at radius 3 is 2.96 bits per heavy atom. The van der Waals surface area contributed by atoms with Gasteiger partial charge in [-0.3, -0.25) is 0 Å². The van der Waals surface area contributed by atoms with Crippen LogP contribution in [0.5, 0.6) is 0 Å². The minimum atomic E-state index is -0.923. The van der Waals surface area contributed by atoms with Gasteiger partial charge in [-0.1, -0.05) is 6.92 Å². The fraction of sp³-hybridized carbons (Fsp3) is 0.750. The van der Waals surface area contributed by atoms with Gasteiger partial charge in [0.15, 0.2) is 5.96 Å². The van der Waals surface area contributed by atoms with Gasteiger partial charge in [-0.15, -0.1) is 0 Å². The minimum absolute atomic E-state index is 0.352. The molecule has 6 heteroatoms. The summed E-state index contributed by atoms with van der Waals surface area (Å²) in [6, 6.07) is 1.96. The van der Waals surface area contributed by atoms with Crippen LogP contribution >= 0.6 is 11.3 Å². The van der Waals surface area contributed by atoms with Gasteiger partial charge in [-0.25, -0.2) is 4.99 Å². The lowest BCUT2D eigenvalue weighted by Crippen LogP contribution is -2.39. The number of hydrogen-bond acceptors (Lipinski definition) is 4. The molecular formula is C20H36N4OS. The highest BCUT2D eigenvalue weighted by Gasteiger charge is 2.23. The summed E-state index contributed by atoms with van der Waals surface area (Å²) in [5, 5.41) is 21.2. The number of aliphatic hydroxyl groups is 1. The van der Waals surface area contributed by atoms with Gasteiger partial charge in [0.05, 0.1) is 6.54 Å². The lowest BCUT2D eigenvalue weighted by molar-refractivity contribution is 0.0677. The summed E-state index contributed by atoms with van der Waals surface area (Å²) in [4.78, 5) is 7.18. The van der Waals surface area contributed by atoms with Crippen LogP contribution in [0.2, 0.25) is 0 Å². The number of nitrogens with zero attached hydrogens (tertiary/aromatic N) is 2. The van der Waals surface area contributed by atoms with Crippen LogP contribution in [0.15, 0.2) is 21.8 Å². The molecule has 1 aliphatic rings. The van der Waals surface area contributed by atoms with Gasteiger partial charge in [0.1, 0.15) is 5.60 Å². The summed E-state index contributed by atoms with van der Waals surface area (Å²) in [6.07, 6.45) is 5.08. The molecule has 148 valence electrons. The Kier molecular flexibility index (Phi) is 8.88. The van der Waals surface area contributed by atoms with Crippen LogP contribution in [-0.4, -0.2) is 55.2 Å². The molecule has 0 aromatic carbocycles. The highest BCUT2D eigenvalue weighted by molar-refractivity contribution is 7.08. The Morgan fingerprint density at radius 2 is 2.27 bits per heavy atom. The van der Waals surface area contributed by atoms with Crippen molar-refractivity contribution in [1.82, 2.24) is 15.5 Å². The Morgan fingerprint density at radius 1 is 1.42 bits per heavy atom. The van der Waals surface area contributed by atoms with Gasteiger partial charge in [0, 0.05) is 19.6 Å². The number of piperidine rings is 1. The van der Waals surface area contributed by atoms with Crippen molar-refractivity contribution in [1.29, 1.82) is 0 Å². The molecular weight excluding hydrogens is 344 g/mol. The van der Waals surface area contributed by atoms with E-state index in [1.807, 2.05) is 23.8 Å². The molecule has 0 spiro atoms. The number of thiophene rings is 1. The second-order valence-corrected chi connectivity index (χ2v) is 8.44. The molecule has 2 rings (SSSR count). The fourth-order valence-electron chi connectivity index (χ4n) is 3.39. The second kappa shape index (κ2) is 10.9. The fourth-order valence-corrected chi connectivity index (χ4v) is 4.18. The normalized spacial score (nSPS) is 21.4. The molecule has 2 heterocycles. The molecule has 1 fully saturated rings. The highest BCUT2D eigenvalue weighted by atomic mass is 32.1. The van der Waals surface area contributed by atoms with Crippen molar-refractivity contribution in [3.8, 4) is 0 Å². The molecule has 1 aromatic rings. The summed E-state index contributed by atoms with van der Waals surface area (Å²) in [7, 11) is 0. The van der Waals surface area contributed by atoms with E-state index >= 15 is 0 Å². The minimum Gasteiger partial charge on any atom is -0.383 e. The molecule has 0 amide bonds. The zero-order valence-corrected chi connectivity index (χ0v) is 17.4. The lowest BCUT2D eigenvalue weighted by atomic mass is 10.00. The van der Waals surface area contributed by atoms with E-state index in [2.05, 4.69) is 34.4 Å². The molecule has 5 nitrogen and oxygen atoms in total. The third-order valence-electron chi connectivity index (χ3n) is 4.97. The number of nitrogens with one attached hydrogen (secondary N) is 2. The van der Waals surface area contributed by atoms with Gasteiger partial charge in [0.2, 0.25) is 0 Å². The third-order valence-corrected chi connectivity index (χ3v) is 5.65. The summed E-state index contributed by atoms with van der Waals surface area (Å²) < 4.78 is 0. The van der Waals surface area contributed by atoms with E-state index in [-0.39, 0.29) is 0 Å². The van der Waals surface area contributed by atoms with E-state index in [9.17, 15) is 5.11 Å². The number of hydrogen-bond donors (Lipinski definition) is 3. The zero-order valence-electron chi connectivity index (χ0n) is 16.6. The number of aliphatic imine (C=N–C) groups is 1. The van der Waals surface area contributed by atoms with E-state index in [1.165, 1.54) is 38.9 Å². The van der Waals surface area contributed by atoms with E-state index in [4.69, 9.17) is 0 Å². The lowest BCUT2D eigenvalue weighted by Gasteiger charge is -2.30. The second-order valence-electron chi connectivity index (χ2n) is 7.66. The molecule has 1 saturated heterocycles. The molecule has 0 saturated carbocycles. The number of guanidine groups is 1. The van der Waals surface area contributed by atoms with Crippen LogP contribution in [0.3, 0.4) is 0 Å². The van der Waals surface area contributed by atoms with Crippen molar-refractivity contribution in [3.05, 3.63) is 22.4 Å². The van der Waals surface area contributed by atoms with Crippen molar-refractivity contribution >= 4 is 17.3 Å². The Bertz CT molecular complexity index is 530. The SMILES string of the molecule is CCNC(=NCC(C)(O)c1ccsc1)NCCCCN1CCCC(C)C1. The Balaban J connectivity index is 1.70. The molecule has 0 aliphatic carbocycles. The molecule has 0 radical (unpaired) electrons. The van der Waals surface area contributed by atoms with Crippen LogP contribution in [0.25, 0.3) is 0 Å². The van der Waals surface area contributed by atoms with Crippen molar-refractivity contribution in [2.45, 2.75) is 52.1 Å². The molecule has 0 bridgehead atoms. The van der Waals surface area contributed by atoms with Gasteiger partial charge in [-0.05, 0) is 80.9 Å². The predicted molar refractivity (Wildman–Crippen MR) is 112 cm³/mol. The van der Waals surface area contributed by atoms with Gasteiger partial charge < -0.3 is 20.6 Å². The standard InChI is InChI=1S/C20H36N4OS/c1-4-21-19(23-16-20(3,25)18-9-13-26-15-18)22-10-5-6-11-24-12-7-8-17(2)14-24/h9,13,15,17,25H,4-8,10-12,14,16H2,1-3H3,(H2,21,22,23). The van der Waals surface area contributed by atoms with Crippen LogP contribution in [0.1, 0.15) is 52.0 Å². The number of likely N-dealkylation sites (tertiary alicyclic amines) is 1. The first-order valence-electron chi connectivity index (χ1n) is 10.0. The predicted octanol–water partition coefficient (Wildman–Crippen LogP) is 3.02. The van der Waals surface area contributed by atoms with Gasteiger partial charge in [-0.2, -0.15) is 11.3 Å². The van der Waals surface area contributed by atoms with Crippen LogP contribution in [-0.2, 0) is 5.60 Å². The van der Waals surface area contributed by atoms with Crippen molar-refractivity contribution in [3.63, 3.8) is 0 Å². The van der Waals surface area contributed by atoms with Crippen molar-refractivity contribution in [2.75, 3.05) is 39.3 Å². The molecule has 1 aliphatic heterocycles. The maximum Gasteiger partial charge on any atom is 0.191 e. The molecule has 2 unspecified atom stereocenters. The molecule has 26 heavy (non-hydrogen) atoms. The average Bonchev–Trinajstić information content (AvgIpc) is 3.15. The monoisotopic (exact) mass is 380 g/mol. The van der Waals surface area contributed by atoms with Gasteiger partial charge >= 0.3 is 0 Å². The maximum absolute atomic E-state index is 10.6. The summed E-state index contributed by atoms with van der Waals surface area (Å²) >= 11 is 1.60. The maximum atomic E-state index is 10.6. The quantitative estimate of drug-likeness (QED) is 0.350. The number of unbranched alkanes of at least 4 members (excludes halogenated alkanes) is 1. The zero-order chi connectivity index (χ0) is 18.8. The average molecular weight is 381 g/mol. The first-order chi connectivity index (χ1) is 12.5. The summed E-state index contributed by atoms with van der Waals surface area (Å²) in [6.45, 7) is 12.0. The van der Waals surface area contributed by atoms with E-state index in [0.29, 0.717) is 6.54 Å². The molecule has 2 atom stereocenters.